The van der Waals surface area contributed by atoms with Crippen LogP contribution in [0, 0.1) is 5.41 Å². The molecule has 4 heteroatoms. The maximum Gasteiger partial charge on any atom is 0.328 e. The van der Waals surface area contributed by atoms with Crippen LogP contribution in [0.2, 0.25) is 0 Å². The highest BCUT2D eigenvalue weighted by atomic mass is 16.5. The molecule has 1 saturated heterocycles. The quantitative estimate of drug-likeness (QED) is 0.555. The van der Waals surface area contributed by atoms with Crippen LogP contribution in [0.3, 0.4) is 0 Å². The summed E-state index contributed by atoms with van der Waals surface area (Å²) in [7, 11) is 0. The van der Waals surface area contributed by atoms with E-state index in [1.807, 2.05) is 18.2 Å². The van der Waals surface area contributed by atoms with E-state index in [1.165, 1.54) is 30.9 Å². The predicted octanol–water partition coefficient (Wildman–Crippen LogP) is 3.46. The van der Waals surface area contributed by atoms with E-state index in [2.05, 4.69) is 32.9 Å². The van der Waals surface area contributed by atoms with Gasteiger partial charge in [-0.3, -0.25) is 0 Å². The number of hydrogen-bond donors (Lipinski definition) is 2. The lowest BCUT2D eigenvalue weighted by molar-refractivity contribution is -0.872. The Kier molecular flexibility index (Phi) is 7.81. The summed E-state index contributed by atoms with van der Waals surface area (Å²) >= 11 is 0. The van der Waals surface area contributed by atoms with Gasteiger partial charge in [0.05, 0.1) is 13.2 Å². The van der Waals surface area contributed by atoms with Crippen LogP contribution in [0.5, 0.6) is 0 Å². The number of rotatable bonds is 6. The molecule has 27 heavy (non-hydrogen) atoms. The third-order valence-electron chi connectivity index (χ3n) is 5.39. The molecule has 2 rings (SSSR count). The molecule has 0 unspecified atom stereocenters. The number of aliphatic carboxylic acids is 1. The van der Waals surface area contributed by atoms with Gasteiger partial charge in [-0.25, -0.2) is 4.79 Å². The number of nitrogens with one attached hydrogen (secondary N) is 1. The number of quaternary nitrogens is 1. The Balaban J connectivity index is 2.18. The molecule has 148 valence electrons. The molecule has 1 heterocycles. The third kappa shape index (κ3) is 6.64. The topological polar surface area (TPSA) is 51.0 Å². The summed E-state index contributed by atoms with van der Waals surface area (Å²) < 4.78 is 5.54. The number of morpholine rings is 1. The molecule has 2 N–H and O–H groups in total. The van der Waals surface area contributed by atoms with Gasteiger partial charge in [0.25, 0.3) is 0 Å². The van der Waals surface area contributed by atoms with Gasteiger partial charge in [-0.1, -0.05) is 49.8 Å². The first-order chi connectivity index (χ1) is 12.8. The minimum absolute atomic E-state index is 0.201. The molecule has 0 aromatic heterocycles. The zero-order chi connectivity index (χ0) is 19.9. The van der Waals surface area contributed by atoms with Crippen LogP contribution in [0.25, 0.3) is 0 Å². The molecule has 0 bridgehead atoms. The Labute approximate surface area is 163 Å². The average Bonchev–Trinajstić information content (AvgIpc) is 2.60. The highest BCUT2D eigenvalue weighted by molar-refractivity contribution is 5.81. The first-order valence-corrected chi connectivity index (χ1v) is 9.90. The lowest BCUT2D eigenvalue weighted by atomic mass is 9.73. The molecule has 0 aromatic rings. The van der Waals surface area contributed by atoms with Crippen LogP contribution in [-0.2, 0) is 9.53 Å². The maximum atomic E-state index is 10.7. The predicted molar refractivity (Wildman–Crippen MR) is 110 cm³/mol. The highest BCUT2D eigenvalue weighted by Crippen LogP contribution is 2.39. The van der Waals surface area contributed by atoms with E-state index >= 15 is 0 Å². The fourth-order valence-electron chi connectivity index (χ4n) is 3.86. The third-order valence-corrected chi connectivity index (χ3v) is 5.39. The second-order valence-electron chi connectivity index (χ2n) is 8.18. The summed E-state index contributed by atoms with van der Waals surface area (Å²) in [6.07, 6.45) is 15.1. The fourth-order valence-corrected chi connectivity index (χ4v) is 3.86. The van der Waals surface area contributed by atoms with Crippen molar-refractivity contribution >= 4 is 5.97 Å². The van der Waals surface area contributed by atoms with Gasteiger partial charge in [0.2, 0.25) is 0 Å². The smallest absolute Gasteiger partial charge is 0.328 e. The number of carboxylic acid groups (broad SMARTS) is 1. The number of hydrogen-bond acceptors (Lipinski definition) is 2. The average molecular weight is 373 g/mol. The number of ether oxygens (including phenoxy) is 1. The van der Waals surface area contributed by atoms with Gasteiger partial charge >= 0.3 is 5.97 Å². The first-order valence-electron chi connectivity index (χ1n) is 9.90. The van der Waals surface area contributed by atoms with E-state index in [0.717, 1.165) is 37.4 Å². The van der Waals surface area contributed by atoms with Crippen molar-refractivity contribution in [2.24, 2.45) is 5.41 Å². The highest BCUT2D eigenvalue weighted by Gasteiger charge is 2.34. The van der Waals surface area contributed by atoms with Gasteiger partial charge in [-0.05, 0) is 37.7 Å². The van der Waals surface area contributed by atoms with Crippen molar-refractivity contribution in [3.8, 4) is 0 Å². The van der Waals surface area contributed by atoms with Gasteiger partial charge in [0.15, 0.2) is 0 Å². The van der Waals surface area contributed by atoms with Crippen molar-refractivity contribution in [3.05, 3.63) is 58.9 Å². The summed E-state index contributed by atoms with van der Waals surface area (Å²) in [5.41, 5.74) is 5.12. The molecule has 0 amide bonds. The fraction of sp³-hybridized carbons (Fsp3) is 0.522. The van der Waals surface area contributed by atoms with Crippen LogP contribution >= 0.6 is 0 Å². The molecule has 0 saturated carbocycles. The number of allylic oxidation sites excluding steroid dienone is 9. The van der Waals surface area contributed by atoms with E-state index in [4.69, 9.17) is 9.84 Å². The Bertz CT molecular complexity index is 686. The molecule has 4 nitrogen and oxygen atoms in total. The normalized spacial score (nSPS) is 22.8. The Morgan fingerprint density at radius 2 is 1.85 bits per heavy atom. The van der Waals surface area contributed by atoms with Gasteiger partial charge in [0, 0.05) is 18.1 Å². The molecule has 1 fully saturated rings. The zero-order valence-corrected chi connectivity index (χ0v) is 17.2. The SMILES string of the molecule is CC(/C=C/C1=C([NH+]2CCOCC2)CCCC1(C)C)=C\C=C\C(C)=C\C(=O)O. The molecule has 0 atom stereocenters. The van der Waals surface area contributed by atoms with Crippen LogP contribution in [-0.4, -0.2) is 37.4 Å². The Morgan fingerprint density at radius 1 is 1.15 bits per heavy atom. The Hall–Kier alpha value is -1.91. The molecule has 1 aliphatic heterocycles. The summed E-state index contributed by atoms with van der Waals surface area (Å²) in [4.78, 5) is 12.2. The van der Waals surface area contributed by atoms with Crippen LogP contribution in [0.1, 0.15) is 47.0 Å². The summed E-state index contributed by atoms with van der Waals surface area (Å²) in [6.45, 7) is 12.4. The Morgan fingerprint density at radius 3 is 2.52 bits per heavy atom. The standard InChI is InChI=1S/C23H33NO3/c1-18(7-5-8-19(2)17-22(25)26)10-11-20-21(9-6-12-23(20,3)4)24-13-15-27-16-14-24/h5,7-8,10-11,17H,6,9,12-16H2,1-4H3,(H,25,26)/p+1/b8-5+,11-10+,18-7+,19-17+. The second kappa shape index (κ2) is 9.86. The molecule has 2 aliphatic rings. The maximum absolute atomic E-state index is 10.7. The lowest BCUT2D eigenvalue weighted by Gasteiger charge is -2.36. The summed E-state index contributed by atoms with van der Waals surface area (Å²) in [6, 6.07) is 0. The summed E-state index contributed by atoms with van der Waals surface area (Å²) in [5, 5.41) is 8.75. The van der Waals surface area contributed by atoms with Gasteiger partial charge in [-0.2, -0.15) is 0 Å². The number of carbonyl (C=O) groups is 1. The molecule has 0 radical (unpaired) electrons. The zero-order valence-electron chi connectivity index (χ0n) is 17.2. The molecule has 0 spiro atoms. The van der Waals surface area contributed by atoms with Crippen molar-refractivity contribution < 1.29 is 19.5 Å². The molecular formula is C23H34NO3+. The molecule has 1 aliphatic carbocycles. The van der Waals surface area contributed by atoms with E-state index < -0.39 is 5.97 Å². The van der Waals surface area contributed by atoms with Crippen molar-refractivity contribution in [2.45, 2.75) is 47.0 Å². The van der Waals surface area contributed by atoms with Crippen molar-refractivity contribution in [2.75, 3.05) is 26.3 Å². The van der Waals surface area contributed by atoms with E-state index in [-0.39, 0.29) is 5.41 Å². The lowest BCUT2D eigenvalue weighted by Crippen LogP contribution is -3.12. The van der Waals surface area contributed by atoms with Crippen LogP contribution in [0.15, 0.2) is 58.9 Å². The van der Waals surface area contributed by atoms with Gasteiger partial charge < -0.3 is 14.7 Å². The molecular weight excluding hydrogens is 338 g/mol. The van der Waals surface area contributed by atoms with E-state index in [1.54, 1.807) is 17.5 Å². The van der Waals surface area contributed by atoms with Crippen molar-refractivity contribution in [3.63, 3.8) is 0 Å². The van der Waals surface area contributed by atoms with Gasteiger partial charge in [0.1, 0.15) is 18.8 Å². The van der Waals surface area contributed by atoms with Crippen molar-refractivity contribution in [1.82, 2.24) is 0 Å². The largest absolute Gasteiger partial charge is 0.478 e. The van der Waals surface area contributed by atoms with E-state index in [9.17, 15) is 4.79 Å². The number of carboxylic acids is 1. The van der Waals surface area contributed by atoms with Gasteiger partial charge in [-0.15, -0.1) is 0 Å². The van der Waals surface area contributed by atoms with Crippen LogP contribution < -0.4 is 4.90 Å². The second-order valence-corrected chi connectivity index (χ2v) is 8.18. The monoisotopic (exact) mass is 372 g/mol. The van der Waals surface area contributed by atoms with Crippen molar-refractivity contribution in [1.29, 1.82) is 0 Å². The first kappa shape index (κ1) is 21.4. The van der Waals surface area contributed by atoms with E-state index in [0.29, 0.717) is 0 Å². The summed E-state index contributed by atoms with van der Waals surface area (Å²) in [5.74, 6) is -0.914. The minimum atomic E-state index is -0.914. The molecule has 0 aromatic carbocycles. The van der Waals surface area contributed by atoms with Crippen LogP contribution in [0.4, 0.5) is 0 Å². The minimum Gasteiger partial charge on any atom is -0.478 e.